The van der Waals surface area contributed by atoms with Crippen molar-refractivity contribution >= 4 is 21.6 Å². The minimum absolute atomic E-state index is 0. The van der Waals surface area contributed by atoms with Crippen molar-refractivity contribution < 1.29 is 33.3 Å². The van der Waals surface area contributed by atoms with Gasteiger partial charge in [0.1, 0.15) is 11.2 Å². The molecule has 0 N–H and O–H groups in total. The number of hydrogen-bond acceptors (Lipinski definition) is 3. The Morgan fingerprint density at radius 1 is 1.10 bits per heavy atom. The zero-order valence-corrected chi connectivity index (χ0v) is 12.9. The topological polar surface area (TPSA) is 25.8 Å². The molecule has 0 saturated carbocycles. The Bertz CT molecular complexity index is 722. The number of fused-ring (bicyclic) bond motifs is 1. The van der Waals surface area contributed by atoms with Crippen LogP contribution >= 0.6 is 11.3 Å². The van der Waals surface area contributed by atoms with E-state index in [1.54, 1.807) is 0 Å². The fourth-order valence-corrected chi connectivity index (χ4v) is 2.49. The average molecular weight is 471 g/mol. The van der Waals surface area contributed by atoms with Gasteiger partial charge in [-0.25, -0.2) is 4.98 Å². The van der Waals surface area contributed by atoms with E-state index in [0.717, 1.165) is 22.3 Å². The van der Waals surface area contributed by atoms with Gasteiger partial charge in [0.15, 0.2) is 0 Å². The van der Waals surface area contributed by atoms with Crippen LogP contribution in [-0.4, -0.2) is 9.97 Å². The molecule has 0 aliphatic rings. The van der Waals surface area contributed by atoms with Gasteiger partial charge in [-0.2, -0.15) is 13.2 Å². The number of nitrogens with zero attached hydrogens (tertiary/aromatic N) is 2. The van der Waals surface area contributed by atoms with E-state index in [1.165, 1.54) is 23.7 Å². The van der Waals surface area contributed by atoms with Crippen molar-refractivity contribution in [2.24, 2.45) is 0 Å². The molecule has 2 nitrogen and oxygen atoms in total. The predicted molar refractivity (Wildman–Crippen MR) is 66.7 cm³/mol. The number of thiophene rings is 1. The van der Waals surface area contributed by atoms with E-state index in [2.05, 4.69) is 16.0 Å². The second-order valence-corrected chi connectivity index (χ2v) is 4.75. The molecule has 0 aliphatic heterocycles. The Labute approximate surface area is 130 Å². The van der Waals surface area contributed by atoms with Crippen molar-refractivity contribution in [2.45, 2.75) is 6.18 Å². The Morgan fingerprint density at radius 2 is 1.90 bits per heavy atom. The fourth-order valence-electron chi connectivity index (χ4n) is 1.75. The molecular formula is C13H6F3IrN2S-. The van der Waals surface area contributed by atoms with Crippen LogP contribution in [0.4, 0.5) is 13.2 Å². The van der Waals surface area contributed by atoms with Crippen LogP contribution in [-0.2, 0) is 26.3 Å². The number of halogens is 3. The summed E-state index contributed by atoms with van der Waals surface area (Å²) in [6, 6.07) is 7.84. The van der Waals surface area contributed by atoms with Gasteiger partial charge >= 0.3 is 6.18 Å². The van der Waals surface area contributed by atoms with Crippen molar-refractivity contribution in [2.75, 3.05) is 0 Å². The molecule has 105 valence electrons. The third kappa shape index (κ3) is 2.75. The second-order valence-electron chi connectivity index (χ2n) is 3.85. The Kier molecular flexibility index (Phi) is 4.22. The maximum absolute atomic E-state index is 12.5. The van der Waals surface area contributed by atoms with E-state index in [1.807, 2.05) is 11.4 Å². The maximum atomic E-state index is 12.5. The largest absolute Gasteiger partial charge is 0.381 e. The smallest absolute Gasteiger partial charge is 0.285 e. The molecule has 0 aliphatic carbocycles. The summed E-state index contributed by atoms with van der Waals surface area (Å²) >= 11 is 1.46. The zero-order valence-electron chi connectivity index (χ0n) is 9.73. The minimum atomic E-state index is -4.35. The molecule has 0 saturated heterocycles. The molecule has 0 atom stereocenters. The van der Waals surface area contributed by atoms with Gasteiger partial charge in [-0.1, -0.05) is 0 Å². The first-order valence-electron chi connectivity index (χ1n) is 5.33. The van der Waals surface area contributed by atoms with Crippen molar-refractivity contribution in [3.8, 4) is 11.3 Å². The number of alkyl halides is 3. The summed E-state index contributed by atoms with van der Waals surface area (Å²) in [6.07, 6.45) is -2.95. The molecule has 7 heteroatoms. The average Bonchev–Trinajstić information content (AvgIpc) is 2.86. The van der Waals surface area contributed by atoms with E-state index in [0.29, 0.717) is 11.3 Å². The third-order valence-electron chi connectivity index (χ3n) is 2.66. The summed E-state index contributed by atoms with van der Waals surface area (Å²) in [7, 11) is 0. The summed E-state index contributed by atoms with van der Waals surface area (Å²) in [5.74, 6) is 0. The molecule has 0 unspecified atom stereocenters. The van der Waals surface area contributed by atoms with Gasteiger partial charge in [0.25, 0.3) is 0 Å². The molecule has 3 aromatic rings. The van der Waals surface area contributed by atoms with E-state index >= 15 is 0 Å². The molecule has 20 heavy (non-hydrogen) atoms. The molecular weight excluding hydrogens is 465 g/mol. The van der Waals surface area contributed by atoms with Crippen molar-refractivity contribution in [3.63, 3.8) is 0 Å². The van der Waals surface area contributed by atoms with Crippen LogP contribution in [0.25, 0.3) is 21.5 Å². The molecule has 0 fully saturated rings. The van der Waals surface area contributed by atoms with Crippen LogP contribution in [0.5, 0.6) is 0 Å². The van der Waals surface area contributed by atoms with Crippen LogP contribution in [0.3, 0.4) is 0 Å². The Balaban J connectivity index is 0.00000147. The summed E-state index contributed by atoms with van der Waals surface area (Å²) < 4.78 is 37.4. The van der Waals surface area contributed by atoms with E-state index in [4.69, 9.17) is 0 Å². The molecule has 2 aromatic heterocycles. The fraction of sp³-hybridized carbons (Fsp3) is 0.0769. The number of benzene rings is 1. The van der Waals surface area contributed by atoms with Crippen LogP contribution in [0.15, 0.2) is 36.0 Å². The Hall–Kier alpha value is -1.30. The maximum Gasteiger partial charge on any atom is 0.381 e. The molecule has 0 bridgehead atoms. The molecule has 1 aromatic carbocycles. The summed E-state index contributed by atoms with van der Waals surface area (Å²) in [5.41, 5.74) is 0.408. The Morgan fingerprint density at radius 3 is 2.55 bits per heavy atom. The van der Waals surface area contributed by atoms with E-state index in [9.17, 15) is 13.2 Å². The second kappa shape index (κ2) is 5.60. The standard InChI is InChI=1S/C13H6F3N2S.Ir/c14-13(15,16)9-3-1-8(2-4-9)11-10-5-6-19-12(10)18-7-17-11;/h1,3-7H;/q-1;. The first kappa shape index (κ1) is 15.1. The molecule has 0 amide bonds. The van der Waals surface area contributed by atoms with Crippen LogP contribution in [0, 0.1) is 6.07 Å². The monoisotopic (exact) mass is 472 g/mol. The first-order valence-corrected chi connectivity index (χ1v) is 6.21. The van der Waals surface area contributed by atoms with Gasteiger partial charge in [-0.05, 0) is 28.1 Å². The molecule has 1 radical (unpaired) electrons. The van der Waals surface area contributed by atoms with Gasteiger partial charge < -0.3 is 0 Å². The van der Waals surface area contributed by atoms with Crippen LogP contribution in [0.1, 0.15) is 5.56 Å². The van der Waals surface area contributed by atoms with Gasteiger partial charge in [0.05, 0.1) is 0 Å². The normalized spacial score (nSPS) is 11.3. The van der Waals surface area contributed by atoms with Gasteiger partial charge in [0, 0.05) is 20.1 Å². The van der Waals surface area contributed by atoms with Crippen molar-refractivity contribution in [1.29, 1.82) is 0 Å². The zero-order chi connectivity index (χ0) is 13.5. The summed E-state index contributed by atoms with van der Waals surface area (Å²) in [6.45, 7) is 0. The third-order valence-corrected chi connectivity index (χ3v) is 3.48. The van der Waals surface area contributed by atoms with Crippen molar-refractivity contribution in [3.05, 3.63) is 47.6 Å². The quantitative estimate of drug-likeness (QED) is 0.498. The van der Waals surface area contributed by atoms with Gasteiger partial charge in [0.2, 0.25) is 0 Å². The minimum Gasteiger partial charge on any atom is -0.285 e. The molecule has 0 spiro atoms. The number of hydrogen-bond donors (Lipinski definition) is 0. The van der Waals surface area contributed by atoms with Crippen LogP contribution < -0.4 is 0 Å². The first-order chi connectivity index (χ1) is 9.05. The predicted octanol–water partition coefficient (Wildman–Crippen LogP) is 4.17. The summed E-state index contributed by atoms with van der Waals surface area (Å²) in [5, 5.41) is 2.69. The van der Waals surface area contributed by atoms with Crippen LogP contribution in [0.2, 0.25) is 0 Å². The van der Waals surface area contributed by atoms with Crippen molar-refractivity contribution in [1.82, 2.24) is 9.97 Å². The molecule has 2 heterocycles. The molecule has 3 rings (SSSR count). The van der Waals surface area contributed by atoms with Gasteiger partial charge in [-0.15, -0.1) is 41.2 Å². The number of rotatable bonds is 1. The SMILES string of the molecule is FC(F)(F)c1c[c-]c(-c2ncnc3sccc23)cc1.[Ir]. The van der Waals surface area contributed by atoms with E-state index < -0.39 is 11.7 Å². The van der Waals surface area contributed by atoms with Gasteiger partial charge in [-0.3, -0.25) is 4.98 Å². The number of aromatic nitrogens is 2. The van der Waals surface area contributed by atoms with E-state index in [-0.39, 0.29) is 20.1 Å². The summed E-state index contributed by atoms with van der Waals surface area (Å²) in [4.78, 5) is 9.03.